The minimum absolute atomic E-state index is 0.436. The molecule has 1 aliphatic carbocycles. The molecule has 0 radical (unpaired) electrons. The van der Waals surface area contributed by atoms with Crippen LogP contribution >= 0.6 is 0 Å². The van der Waals surface area contributed by atoms with Gasteiger partial charge in [0, 0.05) is 0 Å². The third-order valence-electron chi connectivity index (χ3n) is 3.85. The van der Waals surface area contributed by atoms with Crippen molar-refractivity contribution >= 4 is 4.29 Å². The molecule has 0 unspecified atom stereocenters. The minimum atomic E-state index is -1.48. The zero-order valence-corrected chi connectivity index (χ0v) is 10.6. The second-order valence-electron chi connectivity index (χ2n) is 4.65. The number of ether oxygens (including phenoxy) is 1. The Morgan fingerprint density at radius 3 is 2.69 bits per heavy atom. The number of rotatable bonds is 1. The zero-order valence-electron chi connectivity index (χ0n) is 8.85. The Hall–Kier alpha value is -0.397. The van der Waals surface area contributed by atoms with Crippen LogP contribution in [0.1, 0.15) is 31.2 Å². The Morgan fingerprint density at radius 2 is 1.94 bits per heavy atom. The first-order chi connectivity index (χ1) is 7.66. The summed E-state index contributed by atoms with van der Waals surface area (Å²) in [5, 5.41) is 0. The fraction of sp³-hybridized carbons (Fsp3) is 0.462. The van der Waals surface area contributed by atoms with Crippen molar-refractivity contribution in [2.75, 3.05) is 0 Å². The van der Waals surface area contributed by atoms with Crippen LogP contribution in [0, 0.1) is 0 Å². The molecule has 2 fully saturated rings. The van der Waals surface area contributed by atoms with Crippen LogP contribution in [0.2, 0.25) is 0 Å². The van der Waals surface area contributed by atoms with Crippen molar-refractivity contribution < 1.29 is 27.0 Å². The molecule has 1 saturated heterocycles. The summed E-state index contributed by atoms with van der Waals surface area (Å²) in [7, 11) is 0. The number of hydrogen-bond acceptors (Lipinski definition) is 1. The van der Waals surface area contributed by atoms with Gasteiger partial charge in [0.1, 0.15) is 0 Å². The fourth-order valence-electron chi connectivity index (χ4n) is 3.07. The maximum atomic E-state index is 14.8. The number of benzene rings is 1. The normalized spacial score (nSPS) is 37.7. The van der Waals surface area contributed by atoms with Gasteiger partial charge in [-0.1, -0.05) is 0 Å². The summed E-state index contributed by atoms with van der Waals surface area (Å²) < 4.78 is 21.1. The SMILES string of the molecule is F[C@]12CCC[C@@]1(c1ccccc1)C[C](=[Ru+])O2. The van der Waals surface area contributed by atoms with Gasteiger partial charge < -0.3 is 0 Å². The van der Waals surface area contributed by atoms with Crippen LogP contribution in [0.15, 0.2) is 30.3 Å². The number of halogens is 1. The molecule has 0 aromatic heterocycles. The van der Waals surface area contributed by atoms with E-state index in [0.717, 1.165) is 22.7 Å². The van der Waals surface area contributed by atoms with Crippen molar-refractivity contribution in [1.29, 1.82) is 0 Å². The number of fused-ring (bicyclic) bond motifs is 1. The molecule has 0 amide bonds. The summed E-state index contributed by atoms with van der Waals surface area (Å²) in [5.74, 6) is -1.48. The standard InChI is InChI=1S/C13H13FO.Ru/c14-13-8-4-7-12(13,9-10-15-13)11-5-2-1-3-6-11;/h1-3,5-6H,4,7-9H2;/q;+1/t12-,13-;/m0./s1. The molecule has 0 spiro atoms. The molecular weight excluding hydrogens is 292 g/mol. The Balaban J connectivity index is 2.13. The van der Waals surface area contributed by atoms with Crippen molar-refractivity contribution in [3.63, 3.8) is 0 Å². The van der Waals surface area contributed by atoms with Crippen LogP contribution in [0.3, 0.4) is 0 Å². The summed E-state index contributed by atoms with van der Waals surface area (Å²) in [5.41, 5.74) is 0.643. The van der Waals surface area contributed by atoms with Gasteiger partial charge in [-0.25, -0.2) is 0 Å². The first kappa shape index (κ1) is 10.7. The molecule has 85 valence electrons. The van der Waals surface area contributed by atoms with E-state index in [1.54, 1.807) is 0 Å². The van der Waals surface area contributed by atoms with E-state index in [-0.39, 0.29) is 0 Å². The second kappa shape index (κ2) is 3.55. The molecule has 1 heterocycles. The van der Waals surface area contributed by atoms with Crippen LogP contribution in [0.5, 0.6) is 0 Å². The monoisotopic (exact) mass is 306 g/mol. The topological polar surface area (TPSA) is 9.23 Å². The average Bonchev–Trinajstić information content (AvgIpc) is 2.69. The number of alkyl halides is 1. The quantitative estimate of drug-likeness (QED) is 0.725. The Labute approximate surface area is 104 Å². The van der Waals surface area contributed by atoms with E-state index in [9.17, 15) is 4.39 Å². The van der Waals surface area contributed by atoms with E-state index < -0.39 is 11.3 Å². The first-order valence-corrected chi connectivity index (χ1v) is 6.47. The number of hydrogen-bond donors (Lipinski definition) is 0. The van der Waals surface area contributed by atoms with Gasteiger partial charge in [0.25, 0.3) is 0 Å². The van der Waals surface area contributed by atoms with Gasteiger partial charge in [0.2, 0.25) is 0 Å². The maximum absolute atomic E-state index is 14.8. The van der Waals surface area contributed by atoms with Crippen LogP contribution in [-0.4, -0.2) is 10.1 Å². The van der Waals surface area contributed by atoms with Gasteiger partial charge >= 0.3 is 104 Å². The van der Waals surface area contributed by atoms with Crippen molar-refractivity contribution in [1.82, 2.24) is 0 Å². The van der Waals surface area contributed by atoms with E-state index in [1.165, 1.54) is 0 Å². The van der Waals surface area contributed by atoms with E-state index in [2.05, 4.69) is 17.9 Å². The fourth-order valence-corrected chi connectivity index (χ4v) is 3.87. The van der Waals surface area contributed by atoms with Gasteiger partial charge in [-0.2, -0.15) is 0 Å². The van der Waals surface area contributed by atoms with Gasteiger partial charge in [0.05, 0.1) is 0 Å². The predicted octanol–water partition coefficient (Wildman–Crippen LogP) is 2.87. The van der Waals surface area contributed by atoms with Crippen LogP contribution in [0.25, 0.3) is 0 Å². The predicted molar refractivity (Wildman–Crippen MR) is 56.5 cm³/mol. The van der Waals surface area contributed by atoms with Gasteiger partial charge in [-0.3, -0.25) is 0 Å². The molecule has 1 aromatic rings. The molecule has 0 bridgehead atoms. The van der Waals surface area contributed by atoms with Gasteiger partial charge in [-0.15, -0.1) is 0 Å². The van der Waals surface area contributed by atoms with Crippen molar-refractivity contribution in [2.45, 2.75) is 37.0 Å². The molecule has 3 rings (SSSR count). The second-order valence-corrected chi connectivity index (χ2v) is 5.62. The molecule has 1 aromatic carbocycles. The van der Waals surface area contributed by atoms with Gasteiger partial charge in [-0.05, 0) is 0 Å². The van der Waals surface area contributed by atoms with E-state index in [0.29, 0.717) is 12.8 Å². The molecule has 1 saturated carbocycles. The Kier molecular flexibility index (Phi) is 2.38. The Bertz CT molecular complexity index is 433. The summed E-state index contributed by atoms with van der Waals surface area (Å²) >= 11 is 2.42. The molecule has 3 heteroatoms. The van der Waals surface area contributed by atoms with E-state index >= 15 is 0 Å². The first-order valence-electron chi connectivity index (χ1n) is 5.60. The van der Waals surface area contributed by atoms with Crippen LogP contribution < -0.4 is 0 Å². The van der Waals surface area contributed by atoms with E-state index in [4.69, 9.17) is 4.74 Å². The molecule has 16 heavy (non-hydrogen) atoms. The molecule has 0 N–H and O–H groups in total. The van der Waals surface area contributed by atoms with Gasteiger partial charge in [0.15, 0.2) is 0 Å². The molecular formula is C13H13FORu+. The van der Waals surface area contributed by atoms with Crippen LogP contribution in [0.4, 0.5) is 4.39 Å². The third kappa shape index (κ3) is 1.31. The average molecular weight is 305 g/mol. The summed E-state index contributed by atoms with van der Waals surface area (Å²) in [6, 6.07) is 9.97. The van der Waals surface area contributed by atoms with E-state index in [1.807, 2.05) is 30.3 Å². The van der Waals surface area contributed by atoms with Crippen molar-refractivity contribution in [3.8, 4) is 0 Å². The molecule has 2 aliphatic rings. The Morgan fingerprint density at radius 1 is 1.19 bits per heavy atom. The van der Waals surface area contributed by atoms with Crippen LogP contribution in [-0.2, 0) is 28.0 Å². The third-order valence-corrected chi connectivity index (χ3v) is 4.33. The summed E-state index contributed by atoms with van der Waals surface area (Å²) in [6.45, 7) is 0. The summed E-state index contributed by atoms with van der Waals surface area (Å²) in [4.78, 5) is 0. The zero-order chi connectivity index (χ0) is 11.2. The molecule has 1 nitrogen and oxygen atoms in total. The summed E-state index contributed by atoms with van der Waals surface area (Å²) in [6.07, 6.45) is 3.00. The molecule has 2 atom stereocenters. The molecule has 1 aliphatic heterocycles. The van der Waals surface area contributed by atoms with Crippen molar-refractivity contribution in [3.05, 3.63) is 35.9 Å². The van der Waals surface area contributed by atoms with Crippen molar-refractivity contribution in [2.24, 2.45) is 0 Å².